The number of nitrogens with zero attached hydrogens (tertiary/aromatic N) is 1. The lowest BCUT2D eigenvalue weighted by Gasteiger charge is -2.30. The fourth-order valence-electron chi connectivity index (χ4n) is 2.05. The molecule has 2 nitrogen and oxygen atoms in total. The Hall–Kier alpha value is -0.955. The van der Waals surface area contributed by atoms with E-state index in [0.717, 1.165) is 5.75 Å². The highest BCUT2D eigenvalue weighted by Crippen LogP contribution is 2.14. The van der Waals surface area contributed by atoms with Crippen molar-refractivity contribution < 1.29 is 4.74 Å². The van der Waals surface area contributed by atoms with Crippen LogP contribution < -0.4 is 10.2 Å². The van der Waals surface area contributed by atoms with Crippen LogP contribution in [-0.4, -0.2) is 31.4 Å². The molecule has 0 bridgehead atoms. The first-order chi connectivity index (χ1) is 7.95. The minimum absolute atomic E-state index is 0.511. The van der Waals surface area contributed by atoms with Crippen molar-refractivity contribution in [2.24, 2.45) is 0 Å². The highest BCUT2D eigenvalue weighted by atomic mass is 16.5. The molecule has 1 radical (unpaired) electrons. The van der Waals surface area contributed by atoms with E-state index in [2.05, 4.69) is 59.0 Å². The van der Waals surface area contributed by atoms with Crippen molar-refractivity contribution >= 4 is 12.9 Å². The van der Waals surface area contributed by atoms with Crippen molar-refractivity contribution in [3.8, 4) is 5.75 Å². The lowest BCUT2D eigenvalue weighted by atomic mass is 9.77. The van der Waals surface area contributed by atoms with Crippen molar-refractivity contribution in [1.82, 2.24) is 4.81 Å². The van der Waals surface area contributed by atoms with Gasteiger partial charge in [-0.05, 0) is 30.6 Å². The summed E-state index contributed by atoms with van der Waals surface area (Å²) in [6.07, 6.45) is 0. The Morgan fingerprint density at radius 1 is 1.12 bits per heavy atom. The second-order valence-electron chi connectivity index (χ2n) is 4.99. The van der Waals surface area contributed by atoms with E-state index in [0.29, 0.717) is 12.1 Å². The molecule has 0 N–H and O–H groups in total. The number of methoxy groups -OCH3 is 1. The molecule has 1 aromatic carbocycles. The fraction of sp³-hybridized carbons (Fsp3) is 0.571. The first-order valence-electron chi connectivity index (χ1n) is 6.22. The fourth-order valence-corrected chi connectivity index (χ4v) is 2.05. The first-order valence-corrected chi connectivity index (χ1v) is 6.22. The van der Waals surface area contributed by atoms with Crippen molar-refractivity contribution in [2.45, 2.75) is 46.7 Å². The SMILES string of the molecule is COc1ccc([B]N(C(C)C)C(C)C)cc1C. The van der Waals surface area contributed by atoms with Gasteiger partial charge in [-0.3, -0.25) is 0 Å². The summed E-state index contributed by atoms with van der Waals surface area (Å²) >= 11 is 0. The number of rotatable bonds is 5. The average molecular weight is 232 g/mol. The number of hydrogen-bond acceptors (Lipinski definition) is 2. The molecule has 0 heterocycles. The summed E-state index contributed by atoms with van der Waals surface area (Å²) in [6, 6.07) is 7.31. The van der Waals surface area contributed by atoms with Crippen LogP contribution in [0.5, 0.6) is 5.75 Å². The van der Waals surface area contributed by atoms with Crippen LogP contribution in [0.3, 0.4) is 0 Å². The van der Waals surface area contributed by atoms with Crippen LogP contribution in [0.25, 0.3) is 0 Å². The zero-order valence-corrected chi connectivity index (χ0v) is 11.8. The monoisotopic (exact) mass is 232 g/mol. The van der Waals surface area contributed by atoms with Gasteiger partial charge in [-0.2, -0.15) is 0 Å². The summed E-state index contributed by atoms with van der Waals surface area (Å²) in [5.74, 6) is 0.947. The average Bonchev–Trinajstić information content (AvgIpc) is 2.25. The number of aryl methyl sites for hydroxylation is 1. The van der Waals surface area contributed by atoms with Crippen LogP contribution in [-0.2, 0) is 0 Å². The van der Waals surface area contributed by atoms with E-state index in [1.165, 1.54) is 11.0 Å². The second-order valence-corrected chi connectivity index (χ2v) is 4.99. The molecule has 0 saturated heterocycles. The van der Waals surface area contributed by atoms with Gasteiger partial charge >= 0.3 is 0 Å². The summed E-state index contributed by atoms with van der Waals surface area (Å²) < 4.78 is 5.27. The molecule has 0 spiro atoms. The predicted molar refractivity (Wildman–Crippen MR) is 75.2 cm³/mol. The molecule has 0 saturated carbocycles. The number of benzene rings is 1. The van der Waals surface area contributed by atoms with Gasteiger partial charge in [-0.1, -0.05) is 45.3 Å². The molecular formula is C14H23BNO. The molecule has 0 aliphatic heterocycles. The summed E-state index contributed by atoms with van der Waals surface area (Å²) in [4.78, 5) is 2.36. The van der Waals surface area contributed by atoms with Gasteiger partial charge in [0.25, 0.3) is 0 Å². The summed E-state index contributed by atoms with van der Waals surface area (Å²) in [7, 11) is 3.93. The molecule has 0 amide bonds. The minimum atomic E-state index is 0.511. The van der Waals surface area contributed by atoms with Gasteiger partial charge in [0, 0.05) is 0 Å². The Kier molecular flexibility index (Phi) is 5.07. The van der Waals surface area contributed by atoms with Crippen LogP contribution in [0.4, 0.5) is 0 Å². The molecule has 0 fully saturated rings. The van der Waals surface area contributed by atoms with E-state index >= 15 is 0 Å². The van der Waals surface area contributed by atoms with Gasteiger partial charge in [0.05, 0.1) is 7.11 Å². The largest absolute Gasteiger partial charge is 0.496 e. The molecule has 1 rings (SSSR count). The minimum Gasteiger partial charge on any atom is -0.496 e. The standard InChI is InChI=1S/C14H23BNO/c1-10(2)16(11(3)4)15-13-7-8-14(17-6)12(5)9-13/h7-11H,1-6H3. The third kappa shape index (κ3) is 3.77. The Bertz CT molecular complexity index is 355. The molecule has 0 unspecified atom stereocenters. The third-order valence-corrected chi connectivity index (χ3v) is 2.91. The van der Waals surface area contributed by atoms with Crippen LogP contribution >= 0.6 is 0 Å². The van der Waals surface area contributed by atoms with Gasteiger partial charge in [-0.25, -0.2) is 0 Å². The molecule has 0 atom stereocenters. The first kappa shape index (κ1) is 14.1. The van der Waals surface area contributed by atoms with Gasteiger partial charge < -0.3 is 9.55 Å². The smallest absolute Gasteiger partial charge is 0.248 e. The van der Waals surface area contributed by atoms with E-state index in [4.69, 9.17) is 4.74 Å². The normalized spacial score (nSPS) is 11.4. The molecule has 0 aliphatic carbocycles. The van der Waals surface area contributed by atoms with E-state index in [-0.39, 0.29) is 0 Å². The van der Waals surface area contributed by atoms with Crippen LogP contribution in [0, 0.1) is 6.92 Å². The van der Waals surface area contributed by atoms with Gasteiger partial charge in [0.1, 0.15) is 5.75 Å². The molecular weight excluding hydrogens is 209 g/mol. The quantitative estimate of drug-likeness (QED) is 0.722. The molecule has 17 heavy (non-hydrogen) atoms. The molecule has 3 heteroatoms. The predicted octanol–water partition coefficient (Wildman–Crippen LogP) is 2.37. The highest BCUT2D eigenvalue weighted by Gasteiger charge is 2.15. The van der Waals surface area contributed by atoms with Crippen LogP contribution in [0.2, 0.25) is 0 Å². The Morgan fingerprint density at radius 3 is 2.12 bits per heavy atom. The lowest BCUT2D eigenvalue weighted by molar-refractivity contribution is 0.315. The van der Waals surface area contributed by atoms with Gasteiger partial charge in [0.2, 0.25) is 7.41 Å². The highest BCUT2D eigenvalue weighted by molar-refractivity contribution is 6.50. The summed E-state index contributed by atoms with van der Waals surface area (Å²) in [6.45, 7) is 10.9. The number of ether oxygens (including phenoxy) is 1. The van der Waals surface area contributed by atoms with Crippen molar-refractivity contribution in [2.75, 3.05) is 7.11 Å². The number of hydrogen-bond donors (Lipinski definition) is 0. The van der Waals surface area contributed by atoms with Crippen molar-refractivity contribution in [1.29, 1.82) is 0 Å². The summed E-state index contributed by atoms with van der Waals surface area (Å²) in [5, 5.41) is 0. The Balaban J connectivity index is 2.83. The van der Waals surface area contributed by atoms with Crippen LogP contribution in [0.1, 0.15) is 33.3 Å². The van der Waals surface area contributed by atoms with E-state index < -0.39 is 0 Å². The molecule has 1 aromatic rings. The van der Waals surface area contributed by atoms with E-state index in [9.17, 15) is 0 Å². The van der Waals surface area contributed by atoms with Gasteiger partial charge in [0.15, 0.2) is 0 Å². The maximum Gasteiger partial charge on any atom is 0.248 e. The Morgan fingerprint density at radius 2 is 1.71 bits per heavy atom. The lowest BCUT2D eigenvalue weighted by Crippen LogP contribution is -2.45. The van der Waals surface area contributed by atoms with E-state index in [1.807, 2.05) is 6.07 Å². The molecule has 0 aromatic heterocycles. The van der Waals surface area contributed by atoms with E-state index in [1.54, 1.807) is 7.11 Å². The van der Waals surface area contributed by atoms with Crippen molar-refractivity contribution in [3.05, 3.63) is 23.8 Å². The second kappa shape index (κ2) is 6.11. The van der Waals surface area contributed by atoms with Gasteiger partial charge in [-0.15, -0.1) is 0 Å². The zero-order chi connectivity index (χ0) is 13.0. The topological polar surface area (TPSA) is 12.5 Å². The Labute approximate surface area is 106 Å². The zero-order valence-electron chi connectivity index (χ0n) is 11.8. The van der Waals surface area contributed by atoms with Crippen molar-refractivity contribution in [3.63, 3.8) is 0 Å². The molecule has 0 aliphatic rings. The molecule has 93 valence electrons. The maximum absolute atomic E-state index is 5.27. The summed E-state index contributed by atoms with van der Waals surface area (Å²) in [5.41, 5.74) is 2.40. The third-order valence-electron chi connectivity index (χ3n) is 2.91. The van der Waals surface area contributed by atoms with Crippen LogP contribution in [0.15, 0.2) is 18.2 Å². The maximum atomic E-state index is 5.27.